The molecule has 3 aromatic carbocycles. The highest BCUT2D eigenvalue weighted by Crippen LogP contribution is 2.35. The van der Waals surface area contributed by atoms with Gasteiger partial charge in [0.1, 0.15) is 5.75 Å². The Morgan fingerprint density at radius 1 is 0.976 bits per heavy atom. The van der Waals surface area contributed by atoms with E-state index in [4.69, 9.17) is 4.74 Å². The number of rotatable bonds is 12. The summed E-state index contributed by atoms with van der Waals surface area (Å²) >= 11 is 1.67. The average molecular weight is 584 g/mol. The number of carbonyl (C=O) groups is 2. The number of aliphatic hydroxyl groups is 1. The van der Waals surface area contributed by atoms with E-state index in [0.29, 0.717) is 30.6 Å². The molecule has 1 saturated heterocycles. The number of thiophene rings is 1. The quantitative estimate of drug-likeness (QED) is 0.213. The van der Waals surface area contributed by atoms with Gasteiger partial charge in [0, 0.05) is 35.6 Å². The topological polar surface area (TPSA) is 90.9 Å². The van der Waals surface area contributed by atoms with E-state index in [1.165, 1.54) is 4.88 Å². The molecular weight excluding hydrogens is 546 g/mol. The van der Waals surface area contributed by atoms with Crippen LogP contribution in [0.1, 0.15) is 55.6 Å². The van der Waals surface area contributed by atoms with Gasteiger partial charge < -0.3 is 25.4 Å². The molecule has 1 aliphatic heterocycles. The molecule has 2 amide bonds. The number of hydrogen-bond donors (Lipinski definition) is 3. The standard InChI is InChI=1S/C34H37N3O4S/c1-41-28-14-5-11-25(19-28)22-35-23-31(38)29(20-24-9-3-2-4-10-24)36-33(39)26-12-6-13-27(21-26)34(40)37-17-7-15-30(37)32-16-8-18-42-32/h2-6,8-14,16,18-19,21,29-31,35,38H,7,15,17,20,22-23H2,1H3,(H,36,39)/t29-,30?,31+/m0/s1. The van der Waals surface area contributed by atoms with Crippen LogP contribution >= 0.6 is 11.3 Å². The molecule has 1 fully saturated rings. The van der Waals surface area contributed by atoms with Crippen LogP contribution in [-0.4, -0.2) is 54.2 Å². The second kappa shape index (κ2) is 14.3. The largest absolute Gasteiger partial charge is 0.497 e. The monoisotopic (exact) mass is 583 g/mol. The van der Waals surface area contributed by atoms with E-state index in [2.05, 4.69) is 16.7 Å². The SMILES string of the molecule is COc1cccc(CNC[C@@H](O)[C@H](Cc2ccccc2)NC(=O)c2cccc(C(=O)N3CCCC3c3cccs3)c2)c1. The molecule has 218 valence electrons. The molecule has 1 aromatic heterocycles. The summed E-state index contributed by atoms with van der Waals surface area (Å²) < 4.78 is 5.30. The first-order chi connectivity index (χ1) is 20.5. The van der Waals surface area contributed by atoms with E-state index in [1.807, 2.05) is 70.9 Å². The van der Waals surface area contributed by atoms with Crippen LogP contribution < -0.4 is 15.4 Å². The van der Waals surface area contributed by atoms with Crippen LogP contribution in [-0.2, 0) is 13.0 Å². The number of amides is 2. The smallest absolute Gasteiger partial charge is 0.254 e. The third kappa shape index (κ3) is 7.45. The van der Waals surface area contributed by atoms with E-state index in [0.717, 1.165) is 29.7 Å². The maximum Gasteiger partial charge on any atom is 0.254 e. The van der Waals surface area contributed by atoms with Gasteiger partial charge in [-0.15, -0.1) is 11.3 Å². The molecule has 7 nitrogen and oxygen atoms in total. The number of likely N-dealkylation sites (tertiary alicyclic amines) is 1. The first kappa shape index (κ1) is 29.5. The molecule has 2 heterocycles. The van der Waals surface area contributed by atoms with Crippen LogP contribution in [0.5, 0.6) is 5.75 Å². The van der Waals surface area contributed by atoms with Gasteiger partial charge in [0.2, 0.25) is 0 Å². The lowest BCUT2D eigenvalue weighted by Gasteiger charge is -2.26. The van der Waals surface area contributed by atoms with Gasteiger partial charge in [0.25, 0.3) is 11.8 Å². The first-order valence-electron chi connectivity index (χ1n) is 14.3. The number of nitrogens with one attached hydrogen (secondary N) is 2. The highest BCUT2D eigenvalue weighted by Gasteiger charge is 2.31. The van der Waals surface area contributed by atoms with Gasteiger partial charge in [-0.3, -0.25) is 9.59 Å². The lowest BCUT2D eigenvalue weighted by Crippen LogP contribution is -2.48. The van der Waals surface area contributed by atoms with Crippen molar-refractivity contribution in [2.24, 2.45) is 0 Å². The summed E-state index contributed by atoms with van der Waals surface area (Å²) in [6.45, 7) is 1.53. The van der Waals surface area contributed by atoms with Gasteiger partial charge in [-0.25, -0.2) is 0 Å². The molecule has 4 aromatic rings. The minimum Gasteiger partial charge on any atom is -0.497 e. The predicted octanol–water partition coefficient (Wildman–Crippen LogP) is 5.23. The van der Waals surface area contributed by atoms with Crippen LogP contribution in [0.25, 0.3) is 0 Å². The van der Waals surface area contributed by atoms with E-state index >= 15 is 0 Å². The highest BCUT2D eigenvalue weighted by molar-refractivity contribution is 7.10. The fourth-order valence-electron chi connectivity index (χ4n) is 5.44. The summed E-state index contributed by atoms with van der Waals surface area (Å²) in [6, 6.07) is 28.0. The van der Waals surface area contributed by atoms with Crippen molar-refractivity contribution in [3.8, 4) is 5.75 Å². The lowest BCUT2D eigenvalue weighted by molar-refractivity contribution is 0.0737. The Morgan fingerprint density at radius 2 is 1.76 bits per heavy atom. The normalized spacial score (nSPS) is 16.1. The molecule has 8 heteroatoms. The molecule has 5 rings (SSSR count). The van der Waals surface area contributed by atoms with Crippen LogP contribution in [0.4, 0.5) is 0 Å². The van der Waals surface area contributed by atoms with E-state index < -0.39 is 12.1 Å². The van der Waals surface area contributed by atoms with Crippen molar-refractivity contribution in [1.82, 2.24) is 15.5 Å². The second-order valence-electron chi connectivity index (χ2n) is 10.6. The number of benzene rings is 3. The summed E-state index contributed by atoms with van der Waals surface area (Å²) in [5.41, 5.74) is 2.92. The second-order valence-corrected chi connectivity index (χ2v) is 11.6. The molecule has 3 atom stereocenters. The number of ether oxygens (including phenoxy) is 1. The number of hydrogen-bond acceptors (Lipinski definition) is 6. The van der Waals surface area contributed by atoms with Crippen molar-refractivity contribution in [2.45, 2.75) is 44.0 Å². The van der Waals surface area contributed by atoms with E-state index in [-0.39, 0.29) is 24.4 Å². The molecule has 0 bridgehead atoms. The zero-order chi connectivity index (χ0) is 29.3. The van der Waals surface area contributed by atoms with Crippen molar-refractivity contribution in [3.05, 3.63) is 124 Å². The number of nitrogens with zero attached hydrogens (tertiary/aromatic N) is 1. The minimum atomic E-state index is -0.847. The van der Waals surface area contributed by atoms with Gasteiger partial charge in [-0.2, -0.15) is 0 Å². The van der Waals surface area contributed by atoms with Crippen LogP contribution in [0.15, 0.2) is 96.4 Å². The summed E-state index contributed by atoms with van der Waals surface area (Å²) in [7, 11) is 1.63. The Morgan fingerprint density at radius 3 is 2.55 bits per heavy atom. The summed E-state index contributed by atoms with van der Waals surface area (Å²) in [6.07, 6.45) is 1.51. The summed E-state index contributed by atoms with van der Waals surface area (Å²) in [4.78, 5) is 30.1. The Hall–Kier alpha value is -3.98. The molecule has 0 aliphatic carbocycles. The average Bonchev–Trinajstić information content (AvgIpc) is 3.74. The fourth-order valence-corrected chi connectivity index (χ4v) is 6.31. The van der Waals surface area contributed by atoms with Gasteiger partial charge in [0.05, 0.1) is 25.3 Å². The van der Waals surface area contributed by atoms with Crippen molar-refractivity contribution < 1.29 is 19.4 Å². The Balaban J connectivity index is 1.26. The summed E-state index contributed by atoms with van der Waals surface area (Å²) in [5, 5.41) is 19.6. The minimum absolute atomic E-state index is 0.0665. The molecule has 1 unspecified atom stereocenters. The highest BCUT2D eigenvalue weighted by atomic mass is 32.1. The Labute approximate surface area is 251 Å². The number of methoxy groups -OCH3 is 1. The van der Waals surface area contributed by atoms with Gasteiger partial charge in [-0.05, 0) is 72.2 Å². The van der Waals surface area contributed by atoms with Crippen LogP contribution in [0, 0.1) is 0 Å². The molecular formula is C34H37N3O4S. The van der Waals surface area contributed by atoms with Gasteiger partial charge in [0.15, 0.2) is 0 Å². The third-order valence-electron chi connectivity index (χ3n) is 7.65. The van der Waals surface area contributed by atoms with Crippen molar-refractivity contribution in [3.63, 3.8) is 0 Å². The first-order valence-corrected chi connectivity index (χ1v) is 15.2. The fraction of sp³-hybridized carbons (Fsp3) is 0.294. The molecule has 1 aliphatic rings. The Bertz CT molecular complexity index is 1460. The molecule has 42 heavy (non-hydrogen) atoms. The van der Waals surface area contributed by atoms with E-state index in [1.54, 1.807) is 42.7 Å². The predicted molar refractivity (Wildman–Crippen MR) is 166 cm³/mol. The molecule has 3 N–H and O–H groups in total. The maximum absolute atomic E-state index is 13.5. The third-order valence-corrected chi connectivity index (χ3v) is 8.63. The van der Waals surface area contributed by atoms with Crippen molar-refractivity contribution in [2.75, 3.05) is 20.2 Å². The zero-order valence-electron chi connectivity index (χ0n) is 23.7. The van der Waals surface area contributed by atoms with Crippen LogP contribution in [0.3, 0.4) is 0 Å². The maximum atomic E-state index is 13.5. The van der Waals surface area contributed by atoms with Gasteiger partial charge >= 0.3 is 0 Å². The van der Waals surface area contributed by atoms with Gasteiger partial charge in [-0.1, -0.05) is 54.6 Å². The Kier molecular flexibility index (Phi) is 10.0. The number of aliphatic hydroxyl groups excluding tert-OH is 1. The van der Waals surface area contributed by atoms with Crippen molar-refractivity contribution >= 4 is 23.2 Å². The molecule has 0 radical (unpaired) electrons. The van der Waals surface area contributed by atoms with E-state index in [9.17, 15) is 14.7 Å². The molecule has 0 saturated carbocycles. The number of carbonyl (C=O) groups excluding carboxylic acids is 2. The lowest BCUT2D eigenvalue weighted by atomic mass is 10.00. The summed E-state index contributed by atoms with van der Waals surface area (Å²) in [5.74, 6) is 0.383. The molecule has 0 spiro atoms. The van der Waals surface area contributed by atoms with Crippen LogP contribution in [0.2, 0.25) is 0 Å². The van der Waals surface area contributed by atoms with Crippen molar-refractivity contribution in [1.29, 1.82) is 0 Å². The zero-order valence-corrected chi connectivity index (χ0v) is 24.6.